The third-order valence-corrected chi connectivity index (χ3v) is 5.75. The Morgan fingerprint density at radius 2 is 1.96 bits per heavy atom. The van der Waals surface area contributed by atoms with Gasteiger partial charge >= 0.3 is 5.63 Å². The topological polar surface area (TPSA) is 72.7 Å². The van der Waals surface area contributed by atoms with E-state index in [1.165, 1.54) is 17.7 Å². The van der Waals surface area contributed by atoms with Crippen molar-refractivity contribution >= 4 is 22.0 Å². The Kier molecular flexibility index (Phi) is 3.94. The van der Waals surface area contributed by atoms with E-state index in [2.05, 4.69) is 4.98 Å². The van der Waals surface area contributed by atoms with Crippen LogP contribution in [0.4, 0.5) is 0 Å². The molecular weight excluding hydrogens is 354 g/mol. The van der Waals surface area contributed by atoms with Crippen LogP contribution >= 0.6 is 0 Å². The maximum absolute atomic E-state index is 12.9. The van der Waals surface area contributed by atoms with Crippen LogP contribution in [-0.2, 0) is 13.6 Å². The summed E-state index contributed by atoms with van der Waals surface area (Å²) in [5.74, 6) is 0.766. The second-order valence-corrected chi connectivity index (χ2v) is 7.55. The van der Waals surface area contributed by atoms with E-state index < -0.39 is 5.63 Å². The molecule has 5 rings (SSSR count). The smallest absolute Gasteiger partial charge is 0.347 e. The number of imidazole rings is 1. The highest BCUT2D eigenvalue weighted by Crippen LogP contribution is 2.29. The van der Waals surface area contributed by atoms with Crippen molar-refractivity contribution in [3.8, 4) is 17.1 Å². The van der Waals surface area contributed by atoms with Crippen molar-refractivity contribution in [1.82, 2.24) is 9.55 Å². The van der Waals surface area contributed by atoms with Crippen LogP contribution in [0.5, 0.6) is 5.75 Å². The largest absolute Gasteiger partial charge is 0.507 e. The fourth-order valence-corrected chi connectivity index (χ4v) is 4.25. The fourth-order valence-electron chi connectivity index (χ4n) is 4.25. The van der Waals surface area contributed by atoms with Crippen molar-refractivity contribution in [2.24, 2.45) is 7.05 Å². The lowest BCUT2D eigenvalue weighted by Crippen LogP contribution is -3.08. The van der Waals surface area contributed by atoms with Gasteiger partial charge in [0.25, 0.3) is 0 Å². The lowest BCUT2D eigenvalue weighted by molar-refractivity contribution is -0.901. The van der Waals surface area contributed by atoms with Crippen molar-refractivity contribution in [3.63, 3.8) is 0 Å². The van der Waals surface area contributed by atoms with Gasteiger partial charge in [-0.25, -0.2) is 9.78 Å². The van der Waals surface area contributed by atoms with Crippen LogP contribution in [0, 0.1) is 0 Å². The molecule has 1 aliphatic heterocycles. The van der Waals surface area contributed by atoms with Gasteiger partial charge in [0.2, 0.25) is 0 Å². The van der Waals surface area contributed by atoms with Gasteiger partial charge in [-0.15, -0.1) is 0 Å². The van der Waals surface area contributed by atoms with Crippen molar-refractivity contribution in [2.75, 3.05) is 13.1 Å². The van der Waals surface area contributed by atoms with Crippen LogP contribution in [0.3, 0.4) is 0 Å². The molecule has 2 aromatic heterocycles. The van der Waals surface area contributed by atoms with E-state index in [9.17, 15) is 9.90 Å². The molecule has 6 heteroatoms. The molecule has 0 radical (unpaired) electrons. The number of benzene rings is 2. The van der Waals surface area contributed by atoms with Crippen LogP contribution in [0.1, 0.15) is 18.4 Å². The standard InChI is InChI=1S/C22H21N3O3/c1-24-18-7-3-2-6-17(18)23-21(24)15-12-14-8-9-19(26)16(20(14)28-22(15)27)13-25-10-4-5-11-25/h2-3,6-9,12,26H,4-5,10-11,13H2,1H3/p+1. The summed E-state index contributed by atoms with van der Waals surface area (Å²) in [6, 6.07) is 13.1. The predicted octanol–water partition coefficient (Wildman–Crippen LogP) is 2.23. The maximum atomic E-state index is 12.9. The van der Waals surface area contributed by atoms with Crippen LogP contribution in [0.15, 0.2) is 51.7 Å². The maximum Gasteiger partial charge on any atom is 0.347 e. The highest BCUT2D eigenvalue weighted by atomic mass is 16.4. The first-order valence-electron chi connectivity index (χ1n) is 9.66. The van der Waals surface area contributed by atoms with Crippen LogP contribution < -0.4 is 10.5 Å². The van der Waals surface area contributed by atoms with Gasteiger partial charge in [-0.1, -0.05) is 12.1 Å². The molecule has 2 N–H and O–H groups in total. The van der Waals surface area contributed by atoms with E-state index in [4.69, 9.17) is 4.42 Å². The number of aromatic nitrogens is 2. The summed E-state index contributed by atoms with van der Waals surface area (Å²) in [6.45, 7) is 2.83. The molecule has 0 unspecified atom stereocenters. The average Bonchev–Trinajstić information content (AvgIpc) is 3.32. The molecular formula is C22H22N3O3+. The minimum Gasteiger partial charge on any atom is -0.507 e. The van der Waals surface area contributed by atoms with E-state index in [1.807, 2.05) is 41.9 Å². The van der Waals surface area contributed by atoms with Crippen LogP contribution in [-0.4, -0.2) is 27.7 Å². The van der Waals surface area contributed by atoms with Crippen molar-refractivity contribution < 1.29 is 14.4 Å². The minimum absolute atomic E-state index is 0.186. The molecule has 0 amide bonds. The summed E-state index contributed by atoms with van der Waals surface area (Å²) in [5, 5.41) is 11.2. The zero-order valence-corrected chi connectivity index (χ0v) is 15.7. The van der Waals surface area contributed by atoms with Gasteiger partial charge in [-0.05, 0) is 30.3 Å². The van der Waals surface area contributed by atoms with E-state index in [0.717, 1.165) is 29.5 Å². The number of hydrogen-bond acceptors (Lipinski definition) is 4. The van der Waals surface area contributed by atoms with Gasteiger partial charge in [0.15, 0.2) is 5.58 Å². The molecule has 4 aromatic rings. The third-order valence-electron chi connectivity index (χ3n) is 5.75. The normalized spacial score (nSPS) is 15.0. The van der Waals surface area contributed by atoms with Gasteiger partial charge < -0.3 is 19.0 Å². The summed E-state index contributed by atoms with van der Waals surface area (Å²) in [6.07, 6.45) is 2.39. The van der Waals surface area contributed by atoms with Gasteiger partial charge in [0.05, 0.1) is 29.7 Å². The number of nitrogens with one attached hydrogen (secondary N) is 1. The third kappa shape index (κ3) is 2.68. The minimum atomic E-state index is -0.436. The summed E-state index contributed by atoms with van der Waals surface area (Å²) < 4.78 is 7.64. The number of quaternary nitrogens is 1. The zero-order valence-electron chi connectivity index (χ0n) is 15.7. The molecule has 1 aliphatic rings. The van der Waals surface area contributed by atoms with E-state index in [-0.39, 0.29) is 5.75 Å². The first-order chi connectivity index (χ1) is 13.6. The number of likely N-dealkylation sites (tertiary alicyclic amines) is 1. The molecule has 3 heterocycles. The predicted molar refractivity (Wildman–Crippen MR) is 107 cm³/mol. The Bertz CT molecular complexity index is 1250. The molecule has 142 valence electrons. The van der Waals surface area contributed by atoms with Crippen molar-refractivity contribution in [1.29, 1.82) is 0 Å². The molecule has 0 bridgehead atoms. The number of hydrogen-bond donors (Lipinski definition) is 2. The molecule has 0 atom stereocenters. The summed E-state index contributed by atoms with van der Waals surface area (Å²) in [4.78, 5) is 18.9. The molecule has 1 saturated heterocycles. The van der Waals surface area contributed by atoms with Crippen LogP contribution in [0.2, 0.25) is 0 Å². The molecule has 6 nitrogen and oxygen atoms in total. The zero-order chi connectivity index (χ0) is 19.3. The SMILES string of the molecule is Cn1c(-c2cc3ccc(O)c(C[NH+]4CCCC4)c3oc2=O)nc2ccccc21. The molecule has 28 heavy (non-hydrogen) atoms. The van der Waals surface area contributed by atoms with E-state index in [1.54, 1.807) is 12.1 Å². The number of aryl methyl sites for hydroxylation is 1. The van der Waals surface area contributed by atoms with E-state index >= 15 is 0 Å². The number of phenolic OH excluding ortho intramolecular Hbond substituents is 1. The summed E-state index contributed by atoms with van der Waals surface area (Å²) in [5.41, 5.74) is 2.98. The highest BCUT2D eigenvalue weighted by molar-refractivity contribution is 5.86. The number of rotatable bonds is 3. The van der Waals surface area contributed by atoms with E-state index in [0.29, 0.717) is 29.1 Å². The van der Waals surface area contributed by atoms with Gasteiger partial charge in [0.1, 0.15) is 23.7 Å². The lowest BCUT2D eigenvalue weighted by atomic mass is 10.1. The second kappa shape index (κ2) is 6.49. The van der Waals surface area contributed by atoms with Crippen molar-refractivity contribution in [3.05, 3.63) is 58.4 Å². The molecule has 0 saturated carbocycles. The van der Waals surface area contributed by atoms with Gasteiger partial charge in [-0.2, -0.15) is 0 Å². The molecule has 1 fully saturated rings. The number of phenols is 1. The molecule has 2 aromatic carbocycles. The number of fused-ring (bicyclic) bond motifs is 2. The Balaban J connectivity index is 1.67. The quantitative estimate of drug-likeness (QED) is 0.538. The Morgan fingerprint density at radius 3 is 2.75 bits per heavy atom. The van der Waals surface area contributed by atoms with Gasteiger partial charge in [0, 0.05) is 25.3 Å². The van der Waals surface area contributed by atoms with Crippen LogP contribution in [0.25, 0.3) is 33.4 Å². The summed E-state index contributed by atoms with van der Waals surface area (Å²) >= 11 is 0. The van der Waals surface area contributed by atoms with Gasteiger partial charge in [-0.3, -0.25) is 0 Å². The Labute approximate surface area is 161 Å². The number of aromatic hydroxyl groups is 1. The fraction of sp³-hybridized carbons (Fsp3) is 0.273. The Morgan fingerprint density at radius 1 is 1.18 bits per heavy atom. The Hall–Kier alpha value is -3.12. The first kappa shape index (κ1) is 17.0. The average molecular weight is 376 g/mol. The lowest BCUT2D eigenvalue weighted by Gasteiger charge is -2.14. The molecule has 0 aliphatic carbocycles. The van der Waals surface area contributed by atoms with Crippen molar-refractivity contribution in [2.45, 2.75) is 19.4 Å². The molecule has 0 spiro atoms. The monoisotopic (exact) mass is 376 g/mol. The first-order valence-corrected chi connectivity index (χ1v) is 9.66. The highest BCUT2D eigenvalue weighted by Gasteiger charge is 2.22. The number of para-hydroxylation sites is 2. The second-order valence-electron chi connectivity index (χ2n) is 7.55. The number of nitrogens with zero attached hydrogens (tertiary/aromatic N) is 2. The summed E-state index contributed by atoms with van der Waals surface area (Å²) in [7, 11) is 1.90.